The van der Waals surface area contributed by atoms with Gasteiger partial charge in [0.15, 0.2) is 0 Å². The average molecular weight is 401 g/mol. The quantitative estimate of drug-likeness (QED) is 0.773. The molecule has 1 aliphatic carbocycles. The molecule has 0 radical (unpaired) electrons. The van der Waals surface area contributed by atoms with E-state index in [9.17, 15) is 13.2 Å². The van der Waals surface area contributed by atoms with Crippen molar-refractivity contribution >= 4 is 15.9 Å². The molecule has 1 saturated carbocycles. The number of hydrogen-bond donors (Lipinski definition) is 1. The van der Waals surface area contributed by atoms with Gasteiger partial charge in [-0.25, -0.2) is 8.42 Å². The van der Waals surface area contributed by atoms with Gasteiger partial charge in [0.25, 0.3) is 5.91 Å². The molecule has 1 aliphatic rings. The van der Waals surface area contributed by atoms with Crippen molar-refractivity contribution in [3.05, 3.63) is 65.7 Å². The van der Waals surface area contributed by atoms with E-state index in [1.165, 1.54) is 28.4 Å². The Bertz CT molecular complexity index is 918. The number of amides is 1. The summed E-state index contributed by atoms with van der Waals surface area (Å²) in [5.74, 6) is -0.177. The first-order chi connectivity index (χ1) is 13.3. The molecule has 5 nitrogen and oxygen atoms in total. The summed E-state index contributed by atoms with van der Waals surface area (Å²) in [6, 6.07) is 16.3. The summed E-state index contributed by atoms with van der Waals surface area (Å²) in [4.78, 5) is 12.8. The second-order valence-corrected chi connectivity index (χ2v) is 9.82. The highest BCUT2D eigenvalue weighted by Crippen LogP contribution is 2.43. The standard InChI is InChI=1S/C22H28N2O3S/c1-17(2)24(3)28(26,27)20-12-10-18(11-13-20)21(25)23-16-22(14-7-15-22)19-8-5-4-6-9-19/h4-6,8-13,17H,7,14-16H2,1-3H3,(H,23,25). The number of sulfonamides is 1. The molecule has 2 aromatic carbocycles. The first-order valence-electron chi connectivity index (χ1n) is 9.68. The molecule has 28 heavy (non-hydrogen) atoms. The molecule has 0 atom stereocenters. The number of rotatable bonds is 7. The Morgan fingerprint density at radius 3 is 2.18 bits per heavy atom. The average Bonchev–Trinajstić information content (AvgIpc) is 2.67. The number of carbonyl (C=O) groups excluding carboxylic acids is 1. The molecule has 0 bridgehead atoms. The zero-order valence-electron chi connectivity index (χ0n) is 16.7. The number of hydrogen-bond acceptors (Lipinski definition) is 3. The topological polar surface area (TPSA) is 66.5 Å². The van der Waals surface area contributed by atoms with Crippen molar-refractivity contribution in [2.75, 3.05) is 13.6 Å². The van der Waals surface area contributed by atoms with E-state index in [4.69, 9.17) is 0 Å². The Morgan fingerprint density at radius 2 is 1.68 bits per heavy atom. The maximum atomic E-state index is 12.6. The van der Waals surface area contributed by atoms with Gasteiger partial charge in [0, 0.05) is 30.6 Å². The van der Waals surface area contributed by atoms with E-state index in [0.29, 0.717) is 12.1 Å². The second-order valence-electron chi connectivity index (χ2n) is 7.82. The number of nitrogens with one attached hydrogen (secondary N) is 1. The molecule has 2 aromatic rings. The first-order valence-corrected chi connectivity index (χ1v) is 11.1. The van der Waals surface area contributed by atoms with Crippen LogP contribution in [0.5, 0.6) is 0 Å². The van der Waals surface area contributed by atoms with Gasteiger partial charge in [0.2, 0.25) is 10.0 Å². The predicted octanol–water partition coefficient (Wildman–Crippen LogP) is 3.57. The van der Waals surface area contributed by atoms with Gasteiger partial charge in [-0.1, -0.05) is 36.8 Å². The summed E-state index contributed by atoms with van der Waals surface area (Å²) in [7, 11) is -1.99. The smallest absolute Gasteiger partial charge is 0.251 e. The van der Waals surface area contributed by atoms with Crippen LogP contribution >= 0.6 is 0 Å². The van der Waals surface area contributed by atoms with Crippen LogP contribution in [-0.2, 0) is 15.4 Å². The van der Waals surface area contributed by atoms with Gasteiger partial charge >= 0.3 is 0 Å². The van der Waals surface area contributed by atoms with Crippen molar-refractivity contribution in [1.29, 1.82) is 0 Å². The van der Waals surface area contributed by atoms with Crippen LogP contribution in [0.4, 0.5) is 0 Å². The van der Waals surface area contributed by atoms with Crippen LogP contribution in [0, 0.1) is 0 Å². The fourth-order valence-electron chi connectivity index (χ4n) is 3.54. The molecule has 6 heteroatoms. The second kappa shape index (κ2) is 8.05. The maximum absolute atomic E-state index is 12.6. The third-order valence-corrected chi connectivity index (χ3v) is 7.85. The Morgan fingerprint density at radius 1 is 1.07 bits per heavy atom. The first kappa shape index (κ1) is 20.6. The Kier molecular flexibility index (Phi) is 5.91. The molecule has 150 valence electrons. The van der Waals surface area contributed by atoms with Crippen LogP contribution in [0.25, 0.3) is 0 Å². The van der Waals surface area contributed by atoms with Gasteiger partial charge < -0.3 is 5.32 Å². The summed E-state index contributed by atoms with van der Waals surface area (Å²) in [5, 5.41) is 3.04. The minimum absolute atomic E-state index is 0.0141. The van der Waals surface area contributed by atoms with E-state index in [-0.39, 0.29) is 22.3 Å². The normalized spacial score (nSPS) is 16.0. The van der Waals surface area contributed by atoms with Crippen LogP contribution < -0.4 is 5.32 Å². The zero-order valence-corrected chi connectivity index (χ0v) is 17.5. The Hall–Kier alpha value is -2.18. The molecular weight excluding hydrogens is 372 g/mol. The maximum Gasteiger partial charge on any atom is 0.251 e. The van der Waals surface area contributed by atoms with Crippen molar-refractivity contribution in [1.82, 2.24) is 9.62 Å². The summed E-state index contributed by atoms with van der Waals surface area (Å²) in [5.41, 5.74) is 1.74. The van der Waals surface area contributed by atoms with Crippen molar-refractivity contribution < 1.29 is 13.2 Å². The van der Waals surface area contributed by atoms with Gasteiger partial charge in [-0.15, -0.1) is 0 Å². The van der Waals surface area contributed by atoms with E-state index in [2.05, 4.69) is 17.4 Å². The largest absolute Gasteiger partial charge is 0.351 e. The minimum atomic E-state index is -3.55. The molecular formula is C22H28N2O3S. The number of carbonyl (C=O) groups is 1. The molecule has 0 saturated heterocycles. The zero-order chi connectivity index (χ0) is 20.4. The fourth-order valence-corrected chi connectivity index (χ4v) is 4.90. The molecule has 3 rings (SSSR count). The molecule has 1 N–H and O–H groups in total. The van der Waals surface area contributed by atoms with E-state index < -0.39 is 10.0 Å². The molecule has 1 fully saturated rings. The predicted molar refractivity (Wildman–Crippen MR) is 111 cm³/mol. The van der Waals surface area contributed by atoms with Crippen LogP contribution in [0.2, 0.25) is 0 Å². The Labute approximate surface area is 167 Å². The number of benzene rings is 2. The summed E-state index contributed by atoms with van der Waals surface area (Å²) in [6.45, 7) is 4.23. The van der Waals surface area contributed by atoms with E-state index in [0.717, 1.165) is 12.8 Å². The molecule has 0 aliphatic heterocycles. The van der Waals surface area contributed by atoms with E-state index >= 15 is 0 Å². The number of nitrogens with zero attached hydrogens (tertiary/aromatic N) is 1. The summed E-state index contributed by atoms with van der Waals surface area (Å²) >= 11 is 0. The third kappa shape index (κ3) is 3.98. The monoisotopic (exact) mass is 400 g/mol. The highest BCUT2D eigenvalue weighted by molar-refractivity contribution is 7.89. The summed E-state index contributed by atoms with van der Waals surface area (Å²) < 4.78 is 26.4. The van der Waals surface area contributed by atoms with Gasteiger partial charge in [-0.05, 0) is 56.5 Å². The lowest BCUT2D eigenvalue weighted by atomic mass is 9.64. The molecule has 0 spiro atoms. The highest BCUT2D eigenvalue weighted by Gasteiger charge is 2.38. The van der Waals surface area contributed by atoms with Gasteiger partial charge in [-0.3, -0.25) is 4.79 Å². The van der Waals surface area contributed by atoms with Crippen molar-refractivity contribution in [2.24, 2.45) is 0 Å². The molecule has 0 aromatic heterocycles. The van der Waals surface area contributed by atoms with Crippen molar-refractivity contribution in [2.45, 2.75) is 49.5 Å². The van der Waals surface area contributed by atoms with Crippen molar-refractivity contribution in [3.63, 3.8) is 0 Å². The van der Waals surface area contributed by atoms with Gasteiger partial charge in [0.1, 0.15) is 0 Å². The van der Waals surface area contributed by atoms with E-state index in [1.807, 2.05) is 32.0 Å². The molecule has 0 heterocycles. The van der Waals surface area contributed by atoms with Crippen LogP contribution in [0.3, 0.4) is 0 Å². The van der Waals surface area contributed by atoms with Gasteiger partial charge in [0.05, 0.1) is 4.90 Å². The fraction of sp³-hybridized carbons (Fsp3) is 0.409. The lowest BCUT2D eigenvalue weighted by Crippen LogP contribution is -2.45. The van der Waals surface area contributed by atoms with E-state index in [1.54, 1.807) is 19.2 Å². The third-order valence-electron chi connectivity index (χ3n) is 5.80. The SMILES string of the molecule is CC(C)N(C)S(=O)(=O)c1ccc(C(=O)NCC2(c3ccccc3)CCC2)cc1. The highest BCUT2D eigenvalue weighted by atomic mass is 32.2. The van der Waals surface area contributed by atoms with Crippen molar-refractivity contribution in [3.8, 4) is 0 Å². The molecule has 1 amide bonds. The van der Waals surface area contributed by atoms with Crippen LogP contribution in [0.15, 0.2) is 59.5 Å². The molecule has 0 unspecified atom stereocenters. The lowest BCUT2D eigenvalue weighted by Gasteiger charge is -2.42. The van der Waals surface area contributed by atoms with Gasteiger partial charge in [-0.2, -0.15) is 4.31 Å². The van der Waals surface area contributed by atoms with Crippen LogP contribution in [-0.4, -0.2) is 38.3 Å². The minimum Gasteiger partial charge on any atom is -0.351 e. The summed E-state index contributed by atoms with van der Waals surface area (Å²) in [6.07, 6.45) is 3.30. The lowest BCUT2D eigenvalue weighted by molar-refractivity contribution is 0.0927. The Balaban J connectivity index is 1.69. The van der Waals surface area contributed by atoms with Crippen LogP contribution in [0.1, 0.15) is 49.0 Å².